The fourth-order valence-corrected chi connectivity index (χ4v) is 4.27. The van der Waals surface area contributed by atoms with Crippen LogP contribution in [-0.2, 0) is 16.1 Å². The zero-order chi connectivity index (χ0) is 24.0. The highest BCUT2D eigenvalue weighted by molar-refractivity contribution is 7.99. The standard InChI is InChI=1S/C24H26ClN3O4S/c1-15(2)32-12-4-11-28-23(31)20-10-7-18(25)13-21(20)27-24(28)33-14-22(30)17-5-8-19(9-6-17)26-16(3)29/h5-10,13,15H,4,11-12,14H2,1-3H3,(H,26,29). The molecule has 0 aliphatic carbocycles. The zero-order valence-corrected chi connectivity index (χ0v) is 20.3. The Morgan fingerprint density at radius 2 is 1.91 bits per heavy atom. The van der Waals surface area contributed by atoms with Crippen LogP contribution >= 0.6 is 23.4 Å². The van der Waals surface area contributed by atoms with Crippen molar-refractivity contribution in [3.05, 3.63) is 63.4 Å². The van der Waals surface area contributed by atoms with Crippen molar-refractivity contribution in [1.29, 1.82) is 0 Å². The summed E-state index contributed by atoms with van der Waals surface area (Å²) in [6, 6.07) is 11.7. The van der Waals surface area contributed by atoms with E-state index in [4.69, 9.17) is 16.3 Å². The number of carbonyl (C=O) groups excluding carboxylic acids is 2. The first-order valence-electron chi connectivity index (χ1n) is 10.6. The van der Waals surface area contributed by atoms with Gasteiger partial charge in [0.1, 0.15) is 0 Å². The number of hydrogen-bond acceptors (Lipinski definition) is 6. The van der Waals surface area contributed by atoms with Crippen molar-refractivity contribution in [1.82, 2.24) is 9.55 Å². The molecule has 0 saturated carbocycles. The number of aromatic nitrogens is 2. The van der Waals surface area contributed by atoms with Gasteiger partial charge in [-0.05, 0) is 62.7 Å². The van der Waals surface area contributed by atoms with Crippen molar-refractivity contribution in [3.63, 3.8) is 0 Å². The molecular formula is C24H26ClN3O4S. The Hall–Kier alpha value is -2.68. The summed E-state index contributed by atoms with van der Waals surface area (Å²) in [7, 11) is 0. The number of anilines is 1. The molecule has 3 rings (SSSR count). The molecule has 1 aromatic heterocycles. The topological polar surface area (TPSA) is 90.3 Å². The van der Waals surface area contributed by atoms with Gasteiger partial charge in [-0.15, -0.1) is 0 Å². The molecule has 33 heavy (non-hydrogen) atoms. The first-order valence-corrected chi connectivity index (χ1v) is 12.0. The molecule has 0 fully saturated rings. The molecule has 2 aromatic carbocycles. The second-order valence-corrected chi connectivity index (χ2v) is 9.14. The van der Waals surface area contributed by atoms with E-state index < -0.39 is 0 Å². The van der Waals surface area contributed by atoms with Crippen molar-refractivity contribution in [2.75, 3.05) is 17.7 Å². The third kappa shape index (κ3) is 6.90. The van der Waals surface area contributed by atoms with E-state index in [-0.39, 0.29) is 29.1 Å². The summed E-state index contributed by atoms with van der Waals surface area (Å²) in [5.74, 6) is -0.172. The van der Waals surface area contributed by atoms with Crippen LogP contribution in [0.15, 0.2) is 52.4 Å². The molecule has 0 unspecified atom stereocenters. The Balaban J connectivity index is 1.81. The van der Waals surface area contributed by atoms with Gasteiger partial charge in [0.2, 0.25) is 5.91 Å². The van der Waals surface area contributed by atoms with Gasteiger partial charge in [0.15, 0.2) is 10.9 Å². The van der Waals surface area contributed by atoms with Crippen LogP contribution in [-0.4, -0.2) is 39.7 Å². The van der Waals surface area contributed by atoms with Gasteiger partial charge in [-0.1, -0.05) is 23.4 Å². The first-order chi connectivity index (χ1) is 15.7. The number of thioether (sulfide) groups is 1. The minimum Gasteiger partial charge on any atom is -0.379 e. The predicted octanol–water partition coefficient (Wildman–Crippen LogP) is 4.80. The highest BCUT2D eigenvalue weighted by atomic mass is 35.5. The van der Waals surface area contributed by atoms with E-state index in [1.54, 1.807) is 47.0 Å². The summed E-state index contributed by atoms with van der Waals surface area (Å²) in [5, 5.41) is 4.10. The number of nitrogens with one attached hydrogen (secondary N) is 1. The average Bonchev–Trinajstić information content (AvgIpc) is 2.76. The number of fused-ring (bicyclic) bond motifs is 1. The lowest BCUT2D eigenvalue weighted by Crippen LogP contribution is -2.24. The van der Waals surface area contributed by atoms with Crippen molar-refractivity contribution in [2.45, 2.75) is 45.0 Å². The maximum Gasteiger partial charge on any atom is 0.262 e. The molecule has 9 heteroatoms. The summed E-state index contributed by atoms with van der Waals surface area (Å²) in [6.45, 7) is 6.30. The summed E-state index contributed by atoms with van der Waals surface area (Å²) in [6.07, 6.45) is 0.757. The minimum atomic E-state index is -0.177. The fourth-order valence-electron chi connectivity index (χ4n) is 3.18. The normalized spacial score (nSPS) is 11.2. The van der Waals surface area contributed by atoms with Crippen LogP contribution in [0.25, 0.3) is 10.9 Å². The van der Waals surface area contributed by atoms with E-state index in [9.17, 15) is 14.4 Å². The van der Waals surface area contributed by atoms with Gasteiger partial charge in [-0.3, -0.25) is 19.0 Å². The van der Waals surface area contributed by atoms with E-state index in [2.05, 4.69) is 10.3 Å². The van der Waals surface area contributed by atoms with Gasteiger partial charge < -0.3 is 10.1 Å². The number of nitrogens with zero attached hydrogens (tertiary/aromatic N) is 2. The molecule has 174 valence electrons. The smallest absolute Gasteiger partial charge is 0.262 e. The molecule has 0 atom stereocenters. The number of rotatable bonds is 10. The first kappa shape index (κ1) is 25.0. The highest BCUT2D eigenvalue weighted by Gasteiger charge is 2.15. The summed E-state index contributed by atoms with van der Waals surface area (Å²) >= 11 is 7.31. The summed E-state index contributed by atoms with van der Waals surface area (Å²) < 4.78 is 7.19. The van der Waals surface area contributed by atoms with Gasteiger partial charge in [0.25, 0.3) is 5.56 Å². The van der Waals surface area contributed by atoms with E-state index >= 15 is 0 Å². The highest BCUT2D eigenvalue weighted by Crippen LogP contribution is 2.22. The monoisotopic (exact) mass is 487 g/mol. The lowest BCUT2D eigenvalue weighted by atomic mass is 10.1. The lowest BCUT2D eigenvalue weighted by Gasteiger charge is -2.14. The summed E-state index contributed by atoms with van der Waals surface area (Å²) in [5.41, 5.74) is 1.46. The van der Waals surface area contributed by atoms with Crippen molar-refractivity contribution >= 4 is 51.6 Å². The van der Waals surface area contributed by atoms with Gasteiger partial charge in [-0.2, -0.15) is 0 Å². The van der Waals surface area contributed by atoms with E-state index in [1.807, 2.05) is 13.8 Å². The van der Waals surface area contributed by atoms with Crippen LogP contribution in [0.2, 0.25) is 5.02 Å². The number of ether oxygens (including phenoxy) is 1. The molecule has 1 heterocycles. The van der Waals surface area contributed by atoms with E-state index in [0.717, 1.165) is 0 Å². The van der Waals surface area contributed by atoms with Gasteiger partial charge >= 0.3 is 0 Å². The third-order valence-corrected chi connectivity index (χ3v) is 5.93. The molecule has 0 saturated heterocycles. The molecule has 3 aromatic rings. The maximum atomic E-state index is 13.1. The molecule has 0 spiro atoms. The average molecular weight is 488 g/mol. The molecule has 7 nitrogen and oxygen atoms in total. The molecular weight excluding hydrogens is 462 g/mol. The number of Topliss-reactive ketones (excluding diaryl/α,β-unsaturated/α-hetero) is 1. The van der Waals surface area contributed by atoms with Crippen molar-refractivity contribution in [3.8, 4) is 0 Å². The number of ketones is 1. The predicted molar refractivity (Wildman–Crippen MR) is 133 cm³/mol. The number of carbonyl (C=O) groups is 2. The van der Waals surface area contributed by atoms with Crippen LogP contribution in [0.1, 0.15) is 37.6 Å². The fraction of sp³-hybridized carbons (Fsp3) is 0.333. The molecule has 0 radical (unpaired) electrons. The van der Waals surface area contributed by atoms with Crippen molar-refractivity contribution in [2.24, 2.45) is 0 Å². The zero-order valence-electron chi connectivity index (χ0n) is 18.8. The lowest BCUT2D eigenvalue weighted by molar-refractivity contribution is -0.114. The van der Waals surface area contributed by atoms with Crippen LogP contribution in [0.3, 0.4) is 0 Å². The Bertz CT molecular complexity index is 1210. The Morgan fingerprint density at radius 3 is 2.58 bits per heavy atom. The second kappa shape index (κ2) is 11.4. The number of hydrogen-bond donors (Lipinski definition) is 1. The SMILES string of the molecule is CC(=O)Nc1ccc(C(=O)CSc2nc3cc(Cl)ccc3c(=O)n2CCCOC(C)C)cc1. The molecule has 1 N–H and O–H groups in total. The Morgan fingerprint density at radius 1 is 1.18 bits per heavy atom. The molecule has 0 aliphatic heterocycles. The number of benzene rings is 2. The number of amides is 1. The van der Waals surface area contributed by atoms with Crippen LogP contribution < -0.4 is 10.9 Å². The number of halogens is 1. The molecule has 0 bridgehead atoms. The van der Waals surface area contributed by atoms with E-state index in [0.29, 0.717) is 51.9 Å². The van der Waals surface area contributed by atoms with Crippen LogP contribution in [0, 0.1) is 0 Å². The van der Waals surface area contributed by atoms with Crippen molar-refractivity contribution < 1.29 is 14.3 Å². The Labute approximate surface area is 201 Å². The molecule has 1 amide bonds. The van der Waals surface area contributed by atoms with E-state index in [1.165, 1.54) is 18.7 Å². The molecule has 0 aliphatic rings. The van der Waals surface area contributed by atoms with Gasteiger partial charge in [0.05, 0.1) is 22.8 Å². The summed E-state index contributed by atoms with van der Waals surface area (Å²) in [4.78, 5) is 41.7. The largest absolute Gasteiger partial charge is 0.379 e. The maximum absolute atomic E-state index is 13.1. The second-order valence-electron chi connectivity index (χ2n) is 7.76. The third-order valence-electron chi connectivity index (χ3n) is 4.72. The quantitative estimate of drug-likeness (QED) is 0.191. The Kier molecular flexibility index (Phi) is 8.66. The van der Waals surface area contributed by atoms with Crippen LogP contribution in [0.5, 0.6) is 0 Å². The van der Waals surface area contributed by atoms with Gasteiger partial charge in [0, 0.05) is 36.3 Å². The van der Waals surface area contributed by atoms with Gasteiger partial charge in [-0.25, -0.2) is 4.98 Å². The van der Waals surface area contributed by atoms with Crippen LogP contribution in [0.4, 0.5) is 5.69 Å². The minimum absolute atomic E-state index is 0.107.